The third kappa shape index (κ3) is 3.94. The fraction of sp³-hybridized carbons (Fsp3) is 0.368. The van der Waals surface area contributed by atoms with Gasteiger partial charge in [-0.1, -0.05) is 49.8 Å². The highest BCUT2D eigenvalue weighted by Gasteiger charge is 2.16. The Morgan fingerprint density at radius 2 is 1.74 bits per heavy atom. The smallest absolute Gasteiger partial charge is 0.226 e. The number of aromatic nitrogens is 2. The van der Waals surface area contributed by atoms with Crippen LogP contribution in [0, 0.1) is 0 Å². The largest absolute Gasteiger partial charge is 0.341 e. The van der Waals surface area contributed by atoms with Gasteiger partial charge in [0.2, 0.25) is 5.95 Å². The minimum atomic E-state index is 0.602. The van der Waals surface area contributed by atoms with Crippen molar-refractivity contribution in [2.45, 2.75) is 25.7 Å². The summed E-state index contributed by atoms with van der Waals surface area (Å²) in [6, 6.07) is 12.3. The summed E-state index contributed by atoms with van der Waals surface area (Å²) in [6.45, 7) is 6.16. The monoisotopic (exact) mass is 325 g/mol. The first-order valence-corrected chi connectivity index (χ1v) is 8.89. The molecule has 0 atom stereocenters. The molecule has 1 saturated heterocycles. The summed E-state index contributed by atoms with van der Waals surface area (Å²) in [4.78, 5) is 11.9. The van der Waals surface area contributed by atoms with Crippen LogP contribution >= 0.6 is 12.6 Å². The van der Waals surface area contributed by atoms with Crippen LogP contribution in [0.1, 0.15) is 31.4 Å². The molecule has 0 aliphatic carbocycles. The number of rotatable bonds is 4. The summed E-state index contributed by atoms with van der Waals surface area (Å²) in [6.07, 6.45) is 5.01. The van der Waals surface area contributed by atoms with Crippen LogP contribution in [0.15, 0.2) is 43.0 Å². The van der Waals surface area contributed by atoms with Crippen LogP contribution in [-0.4, -0.2) is 28.8 Å². The third-order valence-electron chi connectivity index (χ3n) is 4.23. The van der Waals surface area contributed by atoms with Gasteiger partial charge in [-0.05, 0) is 24.5 Å². The average molecular weight is 325 g/mol. The molecule has 0 saturated carbocycles. The molecule has 23 heavy (non-hydrogen) atoms. The zero-order chi connectivity index (χ0) is 16.1. The minimum absolute atomic E-state index is 0.602. The highest BCUT2D eigenvalue weighted by atomic mass is 32.1. The number of benzene rings is 1. The first-order chi connectivity index (χ1) is 11.3. The Morgan fingerprint density at radius 1 is 1.04 bits per heavy atom. The lowest BCUT2D eigenvalue weighted by atomic mass is 10.1. The van der Waals surface area contributed by atoms with Crippen LogP contribution < -0.4 is 4.90 Å². The molecule has 1 fully saturated rings. The van der Waals surface area contributed by atoms with E-state index < -0.39 is 0 Å². The molecule has 0 N–H and O–H groups in total. The maximum Gasteiger partial charge on any atom is 0.226 e. The van der Waals surface area contributed by atoms with E-state index in [0.717, 1.165) is 41.6 Å². The molecule has 2 heterocycles. The molecule has 120 valence electrons. The zero-order valence-electron chi connectivity index (χ0n) is 13.4. The molecule has 0 unspecified atom stereocenters. The second-order valence-corrected chi connectivity index (χ2v) is 6.28. The molecule has 1 aliphatic rings. The Balaban J connectivity index is 2.02. The van der Waals surface area contributed by atoms with E-state index in [-0.39, 0.29) is 0 Å². The van der Waals surface area contributed by atoms with E-state index in [2.05, 4.69) is 36.2 Å². The normalized spacial score (nSPS) is 15.3. The van der Waals surface area contributed by atoms with Gasteiger partial charge >= 0.3 is 0 Å². The first kappa shape index (κ1) is 16.1. The van der Waals surface area contributed by atoms with Gasteiger partial charge in [0.25, 0.3) is 0 Å². The van der Waals surface area contributed by atoms with Crippen molar-refractivity contribution in [1.29, 1.82) is 0 Å². The van der Waals surface area contributed by atoms with Crippen molar-refractivity contribution in [2.75, 3.05) is 23.7 Å². The second kappa shape index (κ2) is 7.64. The quantitative estimate of drug-likeness (QED) is 0.841. The van der Waals surface area contributed by atoms with Gasteiger partial charge in [-0.15, -0.1) is 0 Å². The van der Waals surface area contributed by atoms with E-state index in [9.17, 15) is 0 Å². The third-order valence-corrected chi connectivity index (χ3v) is 4.61. The van der Waals surface area contributed by atoms with Crippen molar-refractivity contribution in [3.63, 3.8) is 0 Å². The summed E-state index contributed by atoms with van der Waals surface area (Å²) in [7, 11) is 0. The number of thiol groups is 1. The number of anilines is 1. The first-order valence-electron chi connectivity index (χ1n) is 8.26. The fourth-order valence-electron chi connectivity index (χ4n) is 2.87. The Bertz CT molecular complexity index is 662. The highest BCUT2D eigenvalue weighted by Crippen LogP contribution is 2.25. The Hall–Kier alpha value is -1.81. The van der Waals surface area contributed by atoms with Crippen LogP contribution in [0.25, 0.3) is 16.8 Å². The van der Waals surface area contributed by atoms with Crippen molar-refractivity contribution in [3.05, 3.63) is 48.7 Å². The summed E-state index contributed by atoms with van der Waals surface area (Å²) < 4.78 is 0. The zero-order valence-corrected chi connectivity index (χ0v) is 14.3. The van der Waals surface area contributed by atoms with E-state index in [1.807, 2.05) is 24.3 Å². The van der Waals surface area contributed by atoms with Gasteiger partial charge in [0.05, 0.1) is 11.4 Å². The lowest BCUT2D eigenvalue weighted by molar-refractivity contribution is 0.726. The predicted molar refractivity (Wildman–Crippen MR) is 101 cm³/mol. The standard InChI is InChI=1S/C19H23N3S/c1-15(14-23)17-13-18(16-9-5-4-6-10-16)21-19(20-17)22-11-7-2-3-8-12-22/h4-6,9-10,13,23H,1-3,7-8,11-12,14H2. The predicted octanol–water partition coefficient (Wildman–Crippen LogP) is 4.47. The van der Waals surface area contributed by atoms with Crippen LogP contribution in [0.2, 0.25) is 0 Å². The highest BCUT2D eigenvalue weighted by molar-refractivity contribution is 7.80. The number of hydrogen-bond donors (Lipinski definition) is 1. The molecule has 0 radical (unpaired) electrons. The summed E-state index contributed by atoms with van der Waals surface area (Å²) in [5.74, 6) is 1.43. The van der Waals surface area contributed by atoms with E-state index in [4.69, 9.17) is 9.97 Å². The Morgan fingerprint density at radius 3 is 2.39 bits per heavy atom. The van der Waals surface area contributed by atoms with Crippen LogP contribution in [0.5, 0.6) is 0 Å². The molecule has 2 aromatic rings. The van der Waals surface area contributed by atoms with Gasteiger partial charge in [-0.3, -0.25) is 0 Å². The topological polar surface area (TPSA) is 29.0 Å². The van der Waals surface area contributed by atoms with Crippen LogP contribution in [0.3, 0.4) is 0 Å². The second-order valence-electron chi connectivity index (χ2n) is 5.97. The van der Waals surface area contributed by atoms with Gasteiger partial charge in [0.1, 0.15) is 0 Å². The molecule has 4 heteroatoms. The Kier molecular flexibility index (Phi) is 5.34. The molecule has 3 nitrogen and oxygen atoms in total. The van der Waals surface area contributed by atoms with Gasteiger partial charge in [0.15, 0.2) is 0 Å². The molecule has 1 aromatic heterocycles. The van der Waals surface area contributed by atoms with Crippen molar-refractivity contribution in [2.24, 2.45) is 0 Å². The van der Waals surface area contributed by atoms with Crippen LogP contribution in [-0.2, 0) is 0 Å². The fourth-order valence-corrected chi connectivity index (χ4v) is 3.03. The van der Waals surface area contributed by atoms with Gasteiger partial charge in [0, 0.05) is 24.4 Å². The minimum Gasteiger partial charge on any atom is -0.341 e. The number of nitrogens with zero attached hydrogens (tertiary/aromatic N) is 3. The molecule has 1 aromatic carbocycles. The molecule has 0 spiro atoms. The Labute approximate surface area is 143 Å². The van der Waals surface area contributed by atoms with Crippen molar-refractivity contribution >= 4 is 24.2 Å². The lowest BCUT2D eigenvalue weighted by Gasteiger charge is -2.21. The maximum absolute atomic E-state index is 4.83. The molecular formula is C19H23N3S. The summed E-state index contributed by atoms with van der Waals surface area (Å²) >= 11 is 4.35. The van der Waals surface area contributed by atoms with E-state index in [1.165, 1.54) is 25.7 Å². The van der Waals surface area contributed by atoms with Gasteiger partial charge < -0.3 is 4.90 Å². The summed E-state index contributed by atoms with van der Waals surface area (Å²) in [5.41, 5.74) is 3.90. The van der Waals surface area contributed by atoms with Gasteiger partial charge in [-0.25, -0.2) is 9.97 Å². The van der Waals surface area contributed by atoms with Crippen molar-refractivity contribution < 1.29 is 0 Å². The molecule has 0 bridgehead atoms. The molecule has 3 rings (SSSR count). The van der Waals surface area contributed by atoms with Crippen molar-refractivity contribution in [1.82, 2.24) is 9.97 Å². The average Bonchev–Trinajstić information content (AvgIpc) is 2.91. The maximum atomic E-state index is 4.83. The number of hydrogen-bond acceptors (Lipinski definition) is 4. The van der Waals surface area contributed by atoms with Gasteiger partial charge in [-0.2, -0.15) is 12.6 Å². The molecule has 1 aliphatic heterocycles. The lowest BCUT2D eigenvalue weighted by Crippen LogP contribution is -2.26. The van der Waals surface area contributed by atoms with Crippen molar-refractivity contribution in [3.8, 4) is 11.3 Å². The van der Waals surface area contributed by atoms with E-state index >= 15 is 0 Å². The molecule has 0 amide bonds. The van der Waals surface area contributed by atoms with E-state index in [1.54, 1.807) is 0 Å². The van der Waals surface area contributed by atoms with E-state index in [0.29, 0.717) is 5.75 Å². The summed E-state index contributed by atoms with van der Waals surface area (Å²) in [5, 5.41) is 0. The molecular weight excluding hydrogens is 302 g/mol. The SMILES string of the molecule is C=C(CS)c1cc(-c2ccccc2)nc(N2CCCCCC2)n1. The van der Waals surface area contributed by atoms with Crippen LogP contribution in [0.4, 0.5) is 5.95 Å².